The number of hydrogen-bond acceptors (Lipinski definition) is 9. The number of nitrogens with one attached hydrogen (secondary N) is 3. The predicted octanol–water partition coefficient (Wildman–Crippen LogP) is 3.55. The molecule has 0 radical (unpaired) electrons. The normalized spacial score (nSPS) is 18.6. The number of hydrogen-bond donors (Lipinski definition) is 3. The smallest absolute Gasteiger partial charge is 0.269 e. The average Bonchev–Trinajstić information content (AvgIpc) is 3.24. The van der Waals surface area contributed by atoms with Crippen LogP contribution in [0.3, 0.4) is 0 Å². The summed E-state index contributed by atoms with van der Waals surface area (Å²) in [5.74, 6) is 0.592. The fourth-order valence-corrected chi connectivity index (χ4v) is 3.61. The third kappa shape index (κ3) is 4.38. The summed E-state index contributed by atoms with van der Waals surface area (Å²) in [6.45, 7) is 4.26. The molecule has 3 aromatic heterocycles. The van der Waals surface area contributed by atoms with Gasteiger partial charge in [0.1, 0.15) is 17.8 Å². The minimum Gasteiger partial charge on any atom is -0.474 e. The summed E-state index contributed by atoms with van der Waals surface area (Å²) in [5, 5.41) is 8.44. The largest absolute Gasteiger partial charge is 0.474 e. The van der Waals surface area contributed by atoms with E-state index in [2.05, 4.69) is 35.9 Å². The lowest BCUT2D eigenvalue weighted by atomic mass is 10.1. The van der Waals surface area contributed by atoms with Crippen LogP contribution in [0.15, 0.2) is 36.7 Å². The molecule has 176 valence electrons. The highest BCUT2D eigenvalue weighted by Gasteiger charge is 2.36. The Bertz CT molecular complexity index is 1240. The number of rotatable bonds is 5. The first-order chi connectivity index (χ1) is 16.3. The minimum absolute atomic E-state index is 0.107. The highest BCUT2D eigenvalue weighted by Crippen LogP contribution is 2.33. The van der Waals surface area contributed by atoms with Gasteiger partial charge in [0, 0.05) is 6.54 Å². The van der Waals surface area contributed by atoms with E-state index in [0.29, 0.717) is 36.8 Å². The molecule has 1 fully saturated rings. The molecule has 1 amide bonds. The standard InChI is InChI=1S/C22H22F2N8O2/c1-22(2)20(33)30-19-15(34-22)4-5-16(29-19)28-18-14(24)10-26-21(31-18)27-13-3-6-17(25-9-13)32-8-7-12(23)11-32/h3-6,9-10,12H,7-8,11H2,1-2H3,(H3,26,27,28,29,30,31,33)/t12-/m1/s1. The van der Waals surface area contributed by atoms with E-state index >= 15 is 0 Å². The molecule has 0 saturated carbocycles. The van der Waals surface area contributed by atoms with E-state index in [1.807, 2.05) is 4.90 Å². The van der Waals surface area contributed by atoms with Crippen molar-refractivity contribution in [3.8, 4) is 5.75 Å². The second kappa shape index (κ2) is 8.36. The fourth-order valence-electron chi connectivity index (χ4n) is 3.61. The van der Waals surface area contributed by atoms with Crippen molar-refractivity contribution in [2.24, 2.45) is 0 Å². The highest BCUT2D eigenvalue weighted by molar-refractivity contribution is 5.99. The number of anilines is 6. The van der Waals surface area contributed by atoms with Gasteiger partial charge in [-0.15, -0.1) is 0 Å². The molecule has 0 spiro atoms. The van der Waals surface area contributed by atoms with Gasteiger partial charge in [0.15, 0.2) is 28.8 Å². The number of carbonyl (C=O) groups is 1. The van der Waals surface area contributed by atoms with Crippen molar-refractivity contribution in [2.75, 3.05) is 33.9 Å². The lowest BCUT2D eigenvalue weighted by Crippen LogP contribution is -2.46. The van der Waals surface area contributed by atoms with Gasteiger partial charge < -0.3 is 25.6 Å². The second-order valence-corrected chi connectivity index (χ2v) is 8.49. The van der Waals surface area contributed by atoms with E-state index in [-0.39, 0.29) is 29.3 Å². The zero-order valence-electron chi connectivity index (χ0n) is 18.5. The Labute approximate surface area is 193 Å². The fraction of sp³-hybridized carbons (Fsp3) is 0.318. The van der Waals surface area contributed by atoms with Gasteiger partial charge in [-0.2, -0.15) is 4.98 Å². The molecule has 0 aromatic carbocycles. The molecule has 0 unspecified atom stereocenters. The van der Waals surface area contributed by atoms with Crippen molar-refractivity contribution in [3.63, 3.8) is 0 Å². The van der Waals surface area contributed by atoms with Crippen molar-refractivity contribution >= 4 is 40.8 Å². The molecule has 0 aliphatic carbocycles. The number of pyridine rings is 2. The van der Waals surface area contributed by atoms with E-state index in [1.54, 1.807) is 44.3 Å². The topological polar surface area (TPSA) is 117 Å². The van der Waals surface area contributed by atoms with Crippen LogP contribution < -0.4 is 25.6 Å². The van der Waals surface area contributed by atoms with Crippen LogP contribution in [0.1, 0.15) is 20.3 Å². The number of alkyl halides is 1. The Hall–Kier alpha value is -4.09. The molecule has 3 N–H and O–H groups in total. The molecule has 1 saturated heterocycles. The number of fused-ring (bicyclic) bond motifs is 1. The number of ether oxygens (including phenoxy) is 1. The summed E-state index contributed by atoms with van der Waals surface area (Å²) in [6.07, 6.45) is 2.27. The van der Waals surface area contributed by atoms with Gasteiger partial charge in [0.25, 0.3) is 5.91 Å². The van der Waals surface area contributed by atoms with Gasteiger partial charge in [0.05, 0.1) is 24.6 Å². The molecular weight excluding hydrogens is 446 g/mol. The maximum absolute atomic E-state index is 14.4. The quantitative estimate of drug-likeness (QED) is 0.517. The zero-order valence-corrected chi connectivity index (χ0v) is 18.5. The first-order valence-electron chi connectivity index (χ1n) is 10.7. The second-order valence-electron chi connectivity index (χ2n) is 8.49. The maximum atomic E-state index is 14.4. The van der Waals surface area contributed by atoms with E-state index in [0.717, 1.165) is 6.20 Å². The SMILES string of the molecule is CC1(C)Oc2ccc(Nc3nc(Nc4ccc(N5CC[C@@H](F)C5)nc4)ncc3F)nc2NC1=O. The lowest BCUT2D eigenvalue weighted by Gasteiger charge is -2.30. The number of aromatic nitrogens is 4. The monoisotopic (exact) mass is 468 g/mol. The molecular formula is C22H22F2N8O2. The third-order valence-corrected chi connectivity index (χ3v) is 5.45. The van der Waals surface area contributed by atoms with Gasteiger partial charge >= 0.3 is 0 Å². The van der Waals surface area contributed by atoms with Crippen molar-refractivity contribution < 1.29 is 18.3 Å². The minimum atomic E-state index is -1.01. The molecule has 5 rings (SSSR count). The van der Waals surface area contributed by atoms with E-state index in [9.17, 15) is 13.6 Å². The third-order valence-electron chi connectivity index (χ3n) is 5.45. The summed E-state index contributed by atoms with van der Waals surface area (Å²) in [7, 11) is 0. The van der Waals surface area contributed by atoms with Crippen LogP contribution in [0.2, 0.25) is 0 Å². The summed E-state index contributed by atoms with van der Waals surface area (Å²) in [6, 6.07) is 6.76. The van der Waals surface area contributed by atoms with E-state index < -0.39 is 17.6 Å². The van der Waals surface area contributed by atoms with Crippen LogP contribution in [0.4, 0.5) is 43.7 Å². The molecule has 34 heavy (non-hydrogen) atoms. The summed E-state index contributed by atoms with van der Waals surface area (Å²) >= 11 is 0. The molecule has 3 aromatic rings. The summed E-state index contributed by atoms with van der Waals surface area (Å²) < 4.78 is 33.4. The Morgan fingerprint density at radius 2 is 2.00 bits per heavy atom. The molecule has 0 bridgehead atoms. The average molecular weight is 468 g/mol. The maximum Gasteiger partial charge on any atom is 0.269 e. The lowest BCUT2D eigenvalue weighted by molar-refractivity contribution is -0.129. The summed E-state index contributed by atoms with van der Waals surface area (Å²) in [4.78, 5) is 30.8. The molecule has 5 heterocycles. The van der Waals surface area contributed by atoms with Gasteiger partial charge in [-0.3, -0.25) is 4.79 Å². The number of halogens is 2. The number of carbonyl (C=O) groups excluding carboxylic acids is 1. The Kier molecular flexibility index (Phi) is 5.34. The Morgan fingerprint density at radius 1 is 1.15 bits per heavy atom. The van der Waals surface area contributed by atoms with Crippen LogP contribution >= 0.6 is 0 Å². The first-order valence-corrected chi connectivity index (χ1v) is 10.7. The number of nitrogens with zero attached hydrogens (tertiary/aromatic N) is 5. The first kappa shape index (κ1) is 21.7. The van der Waals surface area contributed by atoms with Crippen LogP contribution in [0, 0.1) is 5.82 Å². The Balaban J connectivity index is 1.30. The molecule has 1 atom stereocenters. The highest BCUT2D eigenvalue weighted by atomic mass is 19.1. The number of amides is 1. The van der Waals surface area contributed by atoms with Gasteiger partial charge in [-0.05, 0) is 44.5 Å². The van der Waals surface area contributed by atoms with Crippen molar-refractivity contribution in [1.82, 2.24) is 19.9 Å². The van der Waals surface area contributed by atoms with Crippen molar-refractivity contribution in [1.29, 1.82) is 0 Å². The van der Waals surface area contributed by atoms with Crippen LogP contribution in [-0.4, -0.2) is 50.7 Å². The zero-order chi connectivity index (χ0) is 23.9. The molecule has 2 aliphatic heterocycles. The molecule has 10 nitrogen and oxygen atoms in total. The molecule has 2 aliphatic rings. The van der Waals surface area contributed by atoms with Crippen LogP contribution in [0.5, 0.6) is 5.75 Å². The van der Waals surface area contributed by atoms with Gasteiger partial charge in [-0.1, -0.05) is 0 Å². The van der Waals surface area contributed by atoms with Crippen molar-refractivity contribution in [2.45, 2.75) is 32.0 Å². The molecule has 12 heteroatoms. The van der Waals surface area contributed by atoms with Gasteiger partial charge in [0.2, 0.25) is 5.95 Å². The van der Waals surface area contributed by atoms with E-state index in [1.165, 1.54) is 0 Å². The van der Waals surface area contributed by atoms with Crippen LogP contribution in [0.25, 0.3) is 0 Å². The van der Waals surface area contributed by atoms with Crippen LogP contribution in [-0.2, 0) is 4.79 Å². The predicted molar refractivity (Wildman–Crippen MR) is 122 cm³/mol. The van der Waals surface area contributed by atoms with Gasteiger partial charge in [-0.25, -0.2) is 23.7 Å². The Morgan fingerprint density at radius 3 is 2.74 bits per heavy atom. The van der Waals surface area contributed by atoms with E-state index in [4.69, 9.17) is 4.74 Å². The van der Waals surface area contributed by atoms with Crippen molar-refractivity contribution in [3.05, 3.63) is 42.5 Å². The summed E-state index contributed by atoms with van der Waals surface area (Å²) in [5.41, 5.74) is -0.424.